The molecule has 0 saturated carbocycles. The molecule has 1 saturated heterocycles. The zero-order valence-electron chi connectivity index (χ0n) is 20.1. The van der Waals surface area contributed by atoms with Crippen LogP contribution in [0, 0.1) is 29.1 Å². The maximum atomic E-state index is 13.6. The summed E-state index contributed by atoms with van der Waals surface area (Å²) in [6, 6.07) is 9.68. The van der Waals surface area contributed by atoms with E-state index >= 15 is 0 Å². The first-order valence-electron chi connectivity index (χ1n) is 11.5. The van der Waals surface area contributed by atoms with Gasteiger partial charge >= 0.3 is 16.3 Å². The van der Waals surface area contributed by atoms with E-state index < -0.39 is 27.6 Å². The number of carbonyl (C=O) groups is 1. The van der Waals surface area contributed by atoms with E-state index in [1.54, 1.807) is 18.2 Å². The lowest BCUT2D eigenvalue weighted by molar-refractivity contribution is -0.137. The van der Waals surface area contributed by atoms with Crippen molar-refractivity contribution in [2.45, 2.75) is 31.9 Å². The number of amides is 1. The predicted molar refractivity (Wildman–Crippen MR) is 131 cm³/mol. The summed E-state index contributed by atoms with van der Waals surface area (Å²) in [5.74, 6) is 4.50. The smallest absolute Gasteiger partial charge is 0.383 e. The first-order chi connectivity index (χ1) is 17.4. The molecule has 37 heavy (non-hydrogen) atoms. The van der Waals surface area contributed by atoms with Crippen LogP contribution < -0.4 is 9.92 Å². The zero-order chi connectivity index (χ0) is 27.2. The summed E-state index contributed by atoms with van der Waals surface area (Å²) >= 11 is 0. The van der Waals surface area contributed by atoms with Crippen molar-refractivity contribution >= 4 is 16.0 Å². The molecule has 1 aliphatic rings. The zero-order valence-corrected chi connectivity index (χ0v) is 21.0. The number of carbonyl (C=O) groups excluding carboxylic acids is 1. The van der Waals surface area contributed by atoms with Gasteiger partial charge in [0.1, 0.15) is 5.75 Å². The number of primary amides is 1. The van der Waals surface area contributed by atoms with Crippen LogP contribution in [0.3, 0.4) is 0 Å². The van der Waals surface area contributed by atoms with E-state index in [9.17, 15) is 31.6 Å². The number of benzene rings is 2. The molecule has 2 N–H and O–H groups in total. The average molecular weight is 534 g/mol. The fourth-order valence-corrected chi connectivity index (χ4v) is 4.61. The van der Waals surface area contributed by atoms with Gasteiger partial charge in [-0.2, -0.15) is 26.9 Å². The predicted octanol–water partition coefficient (Wildman–Crippen LogP) is 3.45. The van der Waals surface area contributed by atoms with Gasteiger partial charge in [-0.3, -0.25) is 4.79 Å². The second-order valence-corrected chi connectivity index (χ2v) is 10.4. The normalized spacial score (nSPS) is 14.9. The lowest BCUT2D eigenvalue weighted by Gasteiger charge is -2.30. The van der Waals surface area contributed by atoms with Crippen molar-refractivity contribution in [3.63, 3.8) is 0 Å². The molecule has 2 aromatic rings. The van der Waals surface area contributed by atoms with Crippen LogP contribution in [0.1, 0.15) is 47.1 Å². The highest BCUT2D eigenvalue weighted by molar-refractivity contribution is 7.86. The number of hydrogen-bond acceptors (Lipinski definition) is 6. The van der Waals surface area contributed by atoms with Gasteiger partial charge in [0.25, 0.3) is 0 Å². The van der Waals surface area contributed by atoms with E-state index in [0.717, 1.165) is 50.0 Å². The Morgan fingerprint density at radius 2 is 1.78 bits per heavy atom. The Morgan fingerprint density at radius 1 is 1.14 bits per heavy atom. The van der Waals surface area contributed by atoms with E-state index in [1.807, 2.05) is 0 Å². The van der Waals surface area contributed by atoms with Crippen molar-refractivity contribution in [1.29, 1.82) is 5.26 Å². The largest absolute Gasteiger partial charge is 0.417 e. The van der Waals surface area contributed by atoms with Crippen molar-refractivity contribution in [2.24, 2.45) is 11.7 Å². The van der Waals surface area contributed by atoms with Crippen LogP contribution in [0.15, 0.2) is 36.4 Å². The van der Waals surface area contributed by atoms with E-state index in [1.165, 1.54) is 0 Å². The number of nitrogens with two attached hydrogens (primary N) is 1. The van der Waals surface area contributed by atoms with Crippen LogP contribution >= 0.6 is 0 Å². The number of hydrogen-bond donors (Lipinski definition) is 1. The molecule has 0 atom stereocenters. The molecule has 0 spiro atoms. The van der Waals surface area contributed by atoms with Gasteiger partial charge in [0.15, 0.2) is 0 Å². The van der Waals surface area contributed by atoms with Crippen molar-refractivity contribution in [1.82, 2.24) is 4.90 Å². The molecular formula is C26H26F3N3O4S. The molecule has 3 rings (SSSR count). The standard InChI is InChI=1S/C26H26F3N3O4S/c1-37(34,35)36-23-9-8-20(24(16-23)26(27,28)29)7-6-19-5-4-18(17-30)15-22(19)3-2-12-32-13-10-21(11-14-32)25(31)33/h4-5,8-9,15-16,21H,2-3,10-14H2,1H3,(H2,31,33). The molecule has 196 valence electrons. The summed E-state index contributed by atoms with van der Waals surface area (Å²) in [5.41, 5.74) is 5.58. The Hall–Kier alpha value is -3.54. The van der Waals surface area contributed by atoms with Crippen molar-refractivity contribution in [3.05, 3.63) is 64.2 Å². The molecule has 1 fully saturated rings. The average Bonchev–Trinajstić information content (AvgIpc) is 2.82. The molecule has 0 bridgehead atoms. The lowest BCUT2D eigenvalue weighted by Crippen LogP contribution is -2.39. The summed E-state index contributed by atoms with van der Waals surface area (Å²) in [6.07, 6.45) is -1.32. The highest BCUT2D eigenvalue weighted by atomic mass is 32.2. The molecule has 11 heteroatoms. The molecule has 0 unspecified atom stereocenters. The maximum absolute atomic E-state index is 13.6. The number of nitriles is 1. The van der Waals surface area contributed by atoms with Crippen molar-refractivity contribution in [2.75, 3.05) is 25.9 Å². The third-order valence-corrected chi connectivity index (χ3v) is 6.52. The van der Waals surface area contributed by atoms with E-state index in [4.69, 9.17) is 5.73 Å². The van der Waals surface area contributed by atoms with Crippen LogP contribution in [0.25, 0.3) is 0 Å². The monoisotopic (exact) mass is 533 g/mol. The number of likely N-dealkylation sites (tertiary alicyclic amines) is 1. The van der Waals surface area contributed by atoms with E-state index in [-0.39, 0.29) is 17.4 Å². The molecule has 2 aromatic carbocycles. The Labute approximate surface area is 214 Å². The van der Waals surface area contributed by atoms with E-state index in [2.05, 4.69) is 27.0 Å². The van der Waals surface area contributed by atoms with Gasteiger partial charge in [0.05, 0.1) is 23.5 Å². The summed E-state index contributed by atoms with van der Waals surface area (Å²) in [4.78, 5) is 13.6. The van der Waals surface area contributed by atoms with Crippen LogP contribution in [0.5, 0.6) is 5.75 Å². The second kappa shape index (κ2) is 11.7. The first kappa shape index (κ1) is 28.0. The van der Waals surface area contributed by atoms with Crippen LogP contribution in [-0.4, -0.2) is 45.1 Å². The molecule has 1 heterocycles. The third kappa shape index (κ3) is 8.24. The summed E-state index contributed by atoms with van der Waals surface area (Å²) < 4.78 is 68.1. The topological polar surface area (TPSA) is 113 Å². The fraction of sp³-hybridized carbons (Fsp3) is 0.385. The molecule has 1 aliphatic heterocycles. The van der Waals surface area contributed by atoms with Crippen LogP contribution in [-0.2, 0) is 27.5 Å². The molecule has 0 aromatic heterocycles. The van der Waals surface area contributed by atoms with E-state index in [0.29, 0.717) is 36.5 Å². The number of halogens is 3. The van der Waals surface area contributed by atoms with Gasteiger partial charge in [-0.05, 0) is 87.3 Å². The second-order valence-electron chi connectivity index (χ2n) is 8.85. The summed E-state index contributed by atoms with van der Waals surface area (Å²) in [5, 5.41) is 9.28. The molecule has 0 radical (unpaired) electrons. The molecular weight excluding hydrogens is 507 g/mol. The first-order valence-corrected chi connectivity index (χ1v) is 13.3. The van der Waals surface area contributed by atoms with Crippen molar-refractivity contribution < 1.29 is 30.6 Å². The molecule has 7 nitrogen and oxygen atoms in total. The quantitative estimate of drug-likeness (QED) is 0.431. The Balaban J connectivity index is 1.80. The minimum atomic E-state index is -4.78. The third-order valence-electron chi connectivity index (χ3n) is 6.02. The van der Waals surface area contributed by atoms with Crippen molar-refractivity contribution in [3.8, 4) is 23.7 Å². The molecule has 1 amide bonds. The van der Waals surface area contributed by atoms with Gasteiger partial charge in [-0.25, -0.2) is 0 Å². The van der Waals surface area contributed by atoms with Gasteiger partial charge in [0, 0.05) is 17.0 Å². The van der Waals surface area contributed by atoms with Crippen LogP contribution in [0.4, 0.5) is 13.2 Å². The minimum absolute atomic E-state index is 0.0981. The number of aryl methyl sites for hydroxylation is 1. The SMILES string of the molecule is CS(=O)(=O)Oc1ccc(C#Cc2ccc(C#N)cc2CCCN2CCC(C(N)=O)CC2)c(C(F)(F)F)c1. The lowest BCUT2D eigenvalue weighted by atomic mass is 9.95. The Kier molecular flexibility index (Phi) is 8.85. The Morgan fingerprint density at radius 3 is 2.38 bits per heavy atom. The summed E-state index contributed by atoms with van der Waals surface area (Å²) in [6.45, 7) is 2.28. The van der Waals surface area contributed by atoms with Crippen LogP contribution in [0.2, 0.25) is 0 Å². The number of rotatable bonds is 7. The van der Waals surface area contributed by atoms with Gasteiger partial charge < -0.3 is 14.8 Å². The number of alkyl halides is 3. The van der Waals surface area contributed by atoms with Gasteiger partial charge in [-0.1, -0.05) is 11.8 Å². The summed E-state index contributed by atoms with van der Waals surface area (Å²) in [7, 11) is -4.00. The molecule has 0 aliphatic carbocycles. The fourth-order valence-electron chi connectivity index (χ4n) is 4.15. The van der Waals surface area contributed by atoms with Gasteiger partial charge in [0.2, 0.25) is 5.91 Å². The number of piperidine rings is 1. The highest BCUT2D eigenvalue weighted by Crippen LogP contribution is 2.34. The van der Waals surface area contributed by atoms with Gasteiger partial charge in [-0.15, -0.1) is 0 Å². The number of nitrogens with zero attached hydrogens (tertiary/aromatic N) is 2. The maximum Gasteiger partial charge on any atom is 0.417 e. The minimum Gasteiger partial charge on any atom is -0.383 e. The highest BCUT2D eigenvalue weighted by Gasteiger charge is 2.34. The Bertz CT molecular complexity index is 1360.